The predicted octanol–water partition coefficient (Wildman–Crippen LogP) is 4.93. The van der Waals surface area contributed by atoms with E-state index in [-0.39, 0.29) is 45.8 Å². The maximum absolute atomic E-state index is 13.9. The van der Waals surface area contributed by atoms with Crippen molar-refractivity contribution in [2.24, 2.45) is 5.41 Å². The zero-order chi connectivity index (χ0) is 29.4. The van der Waals surface area contributed by atoms with Crippen LogP contribution < -0.4 is 10.6 Å². The maximum Gasteiger partial charge on any atom is 0.294 e. The summed E-state index contributed by atoms with van der Waals surface area (Å²) in [6.07, 6.45) is 7.26. The predicted molar refractivity (Wildman–Crippen MR) is 159 cm³/mol. The van der Waals surface area contributed by atoms with Crippen LogP contribution >= 0.6 is 15.9 Å². The van der Waals surface area contributed by atoms with Crippen molar-refractivity contribution in [3.63, 3.8) is 0 Å². The first kappa shape index (κ1) is 29.2. The normalized spacial score (nSPS) is 21.5. The van der Waals surface area contributed by atoms with Crippen LogP contribution in [0, 0.1) is 15.5 Å². The zero-order valence-corrected chi connectivity index (χ0v) is 25.3. The molecule has 0 radical (unpaired) electrons. The van der Waals surface area contributed by atoms with Gasteiger partial charge in [-0.3, -0.25) is 24.7 Å². The van der Waals surface area contributed by atoms with Crippen molar-refractivity contribution < 1.29 is 19.2 Å². The van der Waals surface area contributed by atoms with E-state index in [0.29, 0.717) is 49.2 Å². The molecule has 1 aromatic carbocycles. The molecule has 3 saturated heterocycles. The molecule has 1 spiro atoms. The summed E-state index contributed by atoms with van der Waals surface area (Å²) < 4.78 is 6.48. The highest BCUT2D eigenvalue weighted by Crippen LogP contribution is 2.46. The lowest BCUT2D eigenvalue weighted by atomic mass is 9.74. The average Bonchev–Trinajstić information content (AvgIpc) is 3.26. The fourth-order valence-electron chi connectivity index (χ4n) is 6.45. The highest BCUT2D eigenvalue weighted by Gasteiger charge is 2.46. The second-order valence-corrected chi connectivity index (χ2v) is 13.0. The van der Waals surface area contributed by atoms with Crippen LogP contribution in [0.1, 0.15) is 66.7 Å². The van der Waals surface area contributed by atoms with E-state index < -0.39 is 4.92 Å². The number of halogens is 1. The Labute approximate surface area is 248 Å². The lowest BCUT2D eigenvalue weighted by Crippen LogP contribution is -2.46. The topological polar surface area (TPSA) is 130 Å². The Balaban J connectivity index is 1.35. The Morgan fingerprint density at radius 2 is 1.88 bits per heavy atom. The highest BCUT2D eigenvalue weighted by atomic mass is 79.9. The van der Waals surface area contributed by atoms with Crippen molar-refractivity contribution in [2.45, 2.75) is 57.6 Å². The molecule has 2 N–H and O–H groups in total. The van der Waals surface area contributed by atoms with E-state index in [0.717, 1.165) is 31.4 Å². The SMILES string of the molecule is CNc1cncc(C(=O)N2CCC[C@@H](Nc3c(C(=O)N4CCC5(CC4)COC(C)(C)C5)cc(Br)cc3[N+](=O)[O-])C2)c1. The molecule has 11 nitrogen and oxygen atoms in total. The Bertz CT molecular complexity index is 1340. The molecule has 1 aromatic heterocycles. The maximum atomic E-state index is 13.9. The minimum absolute atomic E-state index is 0.0744. The summed E-state index contributed by atoms with van der Waals surface area (Å²) in [6, 6.07) is 4.57. The minimum Gasteiger partial charge on any atom is -0.387 e. The third-order valence-corrected chi connectivity index (χ3v) is 8.98. The van der Waals surface area contributed by atoms with Crippen LogP contribution in [0.2, 0.25) is 0 Å². The van der Waals surface area contributed by atoms with Crippen LogP contribution in [0.25, 0.3) is 0 Å². The molecular formula is C29H37BrN6O5. The molecule has 3 fully saturated rings. The summed E-state index contributed by atoms with van der Waals surface area (Å²) in [4.78, 5) is 46.5. The molecule has 0 bridgehead atoms. The number of nitro groups is 1. The molecule has 2 aromatic rings. The molecule has 0 aliphatic carbocycles. The summed E-state index contributed by atoms with van der Waals surface area (Å²) in [5.41, 5.74) is 1.43. The van der Waals surface area contributed by atoms with Gasteiger partial charge in [0.2, 0.25) is 0 Å². The Morgan fingerprint density at radius 3 is 2.54 bits per heavy atom. The summed E-state index contributed by atoms with van der Waals surface area (Å²) in [6.45, 7) is 6.98. The fourth-order valence-corrected chi connectivity index (χ4v) is 6.89. The molecular weight excluding hydrogens is 592 g/mol. The van der Waals surface area contributed by atoms with Crippen molar-refractivity contribution in [2.75, 3.05) is 50.5 Å². The second-order valence-electron chi connectivity index (χ2n) is 12.1. The van der Waals surface area contributed by atoms with Gasteiger partial charge in [-0.2, -0.15) is 0 Å². The lowest BCUT2D eigenvalue weighted by molar-refractivity contribution is -0.384. The van der Waals surface area contributed by atoms with E-state index in [1.54, 1.807) is 35.2 Å². The molecule has 4 heterocycles. The minimum atomic E-state index is -0.465. The van der Waals surface area contributed by atoms with E-state index in [9.17, 15) is 19.7 Å². The molecule has 3 aliphatic rings. The van der Waals surface area contributed by atoms with E-state index in [4.69, 9.17) is 4.74 Å². The van der Waals surface area contributed by atoms with E-state index in [1.165, 1.54) is 12.3 Å². The van der Waals surface area contributed by atoms with Crippen molar-refractivity contribution in [3.8, 4) is 0 Å². The summed E-state index contributed by atoms with van der Waals surface area (Å²) >= 11 is 3.38. The molecule has 2 amide bonds. The highest BCUT2D eigenvalue weighted by molar-refractivity contribution is 9.10. The number of anilines is 2. The number of aromatic nitrogens is 1. The summed E-state index contributed by atoms with van der Waals surface area (Å²) in [5.74, 6) is -0.382. The van der Waals surface area contributed by atoms with Crippen LogP contribution in [0.4, 0.5) is 17.1 Å². The van der Waals surface area contributed by atoms with Gasteiger partial charge >= 0.3 is 0 Å². The van der Waals surface area contributed by atoms with Crippen LogP contribution in [0.5, 0.6) is 0 Å². The largest absolute Gasteiger partial charge is 0.387 e. The molecule has 3 aliphatic heterocycles. The van der Waals surface area contributed by atoms with Crippen molar-refractivity contribution >= 4 is 44.8 Å². The van der Waals surface area contributed by atoms with Gasteiger partial charge in [-0.25, -0.2) is 0 Å². The number of hydrogen-bond donors (Lipinski definition) is 2. The van der Waals surface area contributed by atoms with Gasteiger partial charge in [0.05, 0.1) is 33.9 Å². The molecule has 1 atom stereocenters. The van der Waals surface area contributed by atoms with Gasteiger partial charge in [0.15, 0.2) is 0 Å². The standard InChI is InChI=1S/C29H37BrN6O5/c1-28(2)17-29(18-41-28)6-9-34(10-7-29)27(38)23-12-20(30)13-24(36(39)40)25(23)33-21-5-4-8-35(16-21)26(37)19-11-22(31-3)15-32-14-19/h11-15,21,31,33H,4-10,16-18H2,1-3H3/t21-/m1/s1. The number of ether oxygens (including phenoxy) is 1. The molecule has 220 valence electrons. The third-order valence-electron chi connectivity index (χ3n) is 8.52. The lowest BCUT2D eigenvalue weighted by Gasteiger charge is -2.39. The van der Waals surface area contributed by atoms with Gasteiger partial charge in [-0.1, -0.05) is 15.9 Å². The molecule has 41 heavy (non-hydrogen) atoms. The first-order chi connectivity index (χ1) is 19.5. The molecule has 5 rings (SSSR count). The van der Waals surface area contributed by atoms with Gasteiger partial charge in [0, 0.05) is 62.2 Å². The van der Waals surface area contributed by atoms with Crippen LogP contribution in [-0.4, -0.2) is 83.0 Å². The third kappa shape index (κ3) is 6.33. The van der Waals surface area contributed by atoms with Gasteiger partial charge < -0.3 is 25.2 Å². The smallest absolute Gasteiger partial charge is 0.294 e. The van der Waals surface area contributed by atoms with Crippen molar-refractivity contribution in [1.82, 2.24) is 14.8 Å². The van der Waals surface area contributed by atoms with Crippen molar-refractivity contribution in [1.29, 1.82) is 0 Å². The number of benzene rings is 1. The molecule has 0 unspecified atom stereocenters. The van der Waals surface area contributed by atoms with E-state index in [2.05, 4.69) is 45.4 Å². The fraction of sp³-hybridized carbons (Fsp3) is 0.552. The number of likely N-dealkylation sites (tertiary alicyclic amines) is 2. The number of pyridine rings is 1. The summed E-state index contributed by atoms with van der Waals surface area (Å²) in [5, 5.41) is 18.5. The number of rotatable bonds is 6. The first-order valence-electron chi connectivity index (χ1n) is 14.1. The van der Waals surface area contributed by atoms with E-state index in [1.807, 2.05) is 0 Å². The van der Waals surface area contributed by atoms with Gasteiger partial charge in [0.25, 0.3) is 17.5 Å². The monoisotopic (exact) mass is 628 g/mol. The van der Waals surface area contributed by atoms with Crippen LogP contribution in [-0.2, 0) is 4.74 Å². The number of carbonyl (C=O) groups excluding carboxylic acids is 2. The number of nitrogens with zero attached hydrogens (tertiary/aromatic N) is 4. The van der Waals surface area contributed by atoms with E-state index >= 15 is 0 Å². The van der Waals surface area contributed by atoms with Gasteiger partial charge in [-0.15, -0.1) is 0 Å². The van der Waals surface area contributed by atoms with Crippen molar-refractivity contribution in [3.05, 3.63) is 56.3 Å². The number of amides is 2. The Hall–Kier alpha value is -3.25. The average molecular weight is 630 g/mol. The zero-order valence-electron chi connectivity index (χ0n) is 23.7. The number of hydrogen-bond acceptors (Lipinski definition) is 8. The summed E-state index contributed by atoms with van der Waals surface area (Å²) in [7, 11) is 1.77. The van der Waals surface area contributed by atoms with Gasteiger partial charge in [-0.05, 0) is 63.5 Å². The molecule has 12 heteroatoms. The number of carbonyl (C=O) groups is 2. The van der Waals surface area contributed by atoms with Crippen LogP contribution in [0.15, 0.2) is 35.1 Å². The molecule has 0 saturated carbocycles. The number of nitro benzene ring substituents is 1. The Morgan fingerprint density at radius 1 is 1.12 bits per heavy atom. The first-order valence-corrected chi connectivity index (χ1v) is 14.9. The Kier molecular flexibility index (Phi) is 8.24. The number of nitrogens with one attached hydrogen (secondary N) is 2. The second kappa shape index (κ2) is 11.6. The quantitative estimate of drug-likeness (QED) is 0.340. The van der Waals surface area contributed by atoms with Crippen LogP contribution in [0.3, 0.4) is 0 Å². The van der Waals surface area contributed by atoms with Gasteiger partial charge in [0.1, 0.15) is 5.69 Å². The number of piperidine rings is 2.